The van der Waals surface area contributed by atoms with Crippen molar-refractivity contribution >= 4 is 22.5 Å². The molecule has 5 heterocycles. The molecule has 1 aliphatic rings. The molecule has 6 rings (SSSR count). The molecular weight excluding hydrogens is 412 g/mol. The SMILES string of the molecule is Cc1ccc2[nH]c([C@@H]3CCCN(C(=O)c4cc5ncccn5n4)C3)c(-c3ccncc3)c2c1. The second-order valence-electron chi connectivity index (χ2n) is 8.74. The van der Waals surface area contributed by atoms with E-state index >= 15 is 0 Å². The van der Waals surface area contributed by atoms with Gasteiger partial charge in [-0.3, -0.25) is 9.78 Å². The van der Waals surface area contributed by atoms with Gasteiger partial charge in [-0.15, -0.1) is 0 Å². The monoisotopic (exact) mass is 436 g/mol. The van der Waals surface area contributed by atoms with Gasteiger partial charge in [0.05, 0.1) is 0 Å². The lowest BCUT2D eigenvalue weighted by molar-refractivity contribution is 0.0700. The summed E-state index contributed by atoms with van der Waals surface area (Å²) < 4.78 is 1.65. The van der Waals surface area contributed by atoms with Crippen LogP contribution in [0.2, 0.25) is 0 Å². The predicted octanol–water partition coefficient (Wildman–Crippen LogP) is 4.60. The van der Waals surface area contributed by atoms with Crippen LogP contribution in [0.3, 0.4) is 0 Å². The number of piperidine rings is 1. The number of aromatic amines is 1. The molecule has 1 aromatic carbocycles. The van der Waals surface area contributed by atoms with E-state index in [-0.39, 0.29) is 11.8 Å². The number of rotatable bonds is 3. The number of hydrogen-bond acceptors (Lipinski definition) is 4. The average molecular weight is 437 g/mol. The summed E-state index contributed by atoms with van der Waals surface area (Å²) >= 11 is 0. The van der Waals surface area contributed by atoms with Gasteiger partial charge in [0.1, 0.15) is 0 Å². The molecule has 33 heavy (non-hydrogen) atoms. The lowest BCUT2D eigenvalue weighted by Gasteiger charge is -2.32. The van der Waals surface area contributed by atoms with Crippen LogP contribution >= 0.6 is 0 Å². The van der Waals surface area contributed by atoms with E-state index in [9.17, 15) is 4.79 Å². The lowest BCUT2D eigenvalue weighted by Crippen LogP contribution is -2.39. The number of nitrogens with one attached hydrogen (secondary N) is 1. The van der Waals surface area contributed by atoms with Crippen LogP contribution in [0.5, 0.6) is 0 Å². The van der Waals surface area contributed by atoms with Crippen molar-refractivity contribution < 1.29 is 4.79 Å². The fourth-order valence-corrected chi connectivity index (χ4v) is 4.96. The van der Waals surface area contributed by atoms with Gasteiger partial charge < -0.3 is 9.88 Å². The van der Waals surface area contributed by atoms with E-state index in [1.54, 1.807) is 16.8 Å². The number of benzene rings is 1. The number of amides is 1. The van der Waals surface area contributed by atoms with Gasteiger partial charge in [-0.05, 0) is 55.7 Å². The Morgan fingerprint density at radius 3 is 2.85 bits per heavy atom. The molecule has 1 fully saturated rings. The van der Waals surface area contributed by atoms with Crippen LogP contribution < -0.4 is 0 Å². The van der Waals surface area contributed by atoms with Gasteiger partial charge in [0.25, 0.3) is 5.91 Å². The summed E-state index contributed by atoms with van der Waals surface area (Å²) in [5.41, 5.74) is 7.02. The van der Waals surface area contributed by atoms with E-state index in [4.69, 9.17) is 0 Å². The van der Waals surface area contributed by atoms with Gasteiger partial charge in [0.2, 0.25) is 0 Å². The van der Waals surface area contributed by atoms with Crippen molar-refractivity contribution in [1.29, 1.82) is 0 Å². The minimum absolute atomic E-state index is 0.0392. The molecule has 7 heteroatoms. The summed E-state index contributed by atoms with van der Waals surface area (Å²) in [7, 11) is 0. The summed E-state index contributed by atoms with van der Waals surface area (Å²) in [4.78, 5) is 27.4. The van der Waals surface area contributed by atoms with Crippen LogP contribution in [0.1, 0.15) is 40.5 Å². The summed E-state index contributed by atoms with van der Waals surface area (Å²) in [5.74, 6) is 0.177. The lowest BCUT2D eigenvalue weighted by atomic mass is 9.89. The Bertz CT molecular complexity index is 1440. The van der Waals surface area contributed by atoms with E-state index < -0.39 is 0 Å². The quantitative estimate of drug-likeness (QED) is 0.448. The first-order valence-electron chi connectivity index (χ1n) is 11.3. The Balaban J connectivity index is 1.37. The molecule has 0 spiro atoms. The number of carbonyl (C=O) groups is 1. The second kappa shape index (κ2) is 7.85. The van der Waals surface area contributed by atoms with Crippen molar-refractivity contribution in [1.82, 2.24) is 29.5 Å². The highest BCUT2D eigenvalue weighted by Gasteiger charge is 2.30. The molecule has 0 saturated carbocycles. The molecule has 1 saturated heterocycles. The predicted molar refractivity (Wildman–Crippen MR) is 127 cm³/mol. The molecule has 1 aliphatic heterocycles. The van der Waals surface area contributed by atoms with Crippen LogP contribution in [0, 0.1) is 6.92 Å². The number of fused-ring (bicyclic) bond motifs is 2. The maximum atomic E-state index is 13.3. The van der Waals surface area contributed by atoms with E-state index in [0.717, 1.165) is 30.5 Å². The van der Waals surface area contributed by atoms with E-state index in [1.807, 2.05) is 29.6 Å². The fraction of sp³-hybridized carbons (Fsp3) is 0.231. The molecule has 0 aliphatic carbocycles. The summed E-state index contributed by atoms with van der Waals surface area (Å²) in [5, 5.41) is 5.66. The molecule has 1 N–H and O–H groups in total. The minimum atomic E-state index is -0.0392. The van der Waals surface area contributed by atoms with Gasteiger partial charge in [0, 0.05) is 72.0 Å². The number of carbonyl (C=O) groups excluding carboxylic acids is 1. The van der Waals surface area contributed by atoms with Crippen molar-refractivity contribution in [3.8, 4) is 11.1 Å². The molecule has 0 bridgehead atoms. The third kappa shape index (κ3) is 3.46. The summed E-state index contributed by atoms with van der Waals surface area (Å²) in [6.45, 7) is 3.51. The topological polar surface area (TPSA) is 79.2 Å². The Morgan fingerprint density at radius 1 is 1.12 bits per heavy atom. The zero-order valence-corrected chi connectivity index (χ0v) is 18.4. The number of aryl methyl sites for hydroxylation is 1. The number of H-pyrrole nitrogens is 1. The molecule has 0 radical (unpaired) electrons. The Morgan fingerprint density at radius 2 is 2.00 bits per heavy atom. The number of likely N-dealkylation sites (tertiary alicyclic amines) is 1. The zero-order chi connectivity index (χ0) is 22.4. The number of hydrogen-bond donors (Lipinski definition) is 1. The number of nitrogens with zero attached hydrogens (tertiary/aromatic N) is 5. The van der Waals surface area contributed by atoms with Gasteiger partial charge in [-0.2, -0.15) is 5.10 Å². The third-order valence-corrected chi connectivity index (χ3v) is 6.52. The molecule has 1 atom stereocenters. The van der Waals surface area contributed by atoms with E-state index in [0.29, 0.717) is 17.9 Å². The van der Waals surface area contributed by atoms with E-state index in [2.05, 4.69) is 57.3 Å². The number of aromatic nitrogens is 5. The van der Waals surface area contributed by atoms with Crippen molar-refractivity contribution in [3.05, 3.63) is 84.2 Å². The highest BCUT2D eigenvalue weighted by Crippen LogP contribution is 2.39. The Kier molecular flexibility index (Phi) is 4.68. The van der Waals surface area contributed by atoms with Crippen LogP contribution in [0.4, 0.5) is 0 Å². The van der Waals surface area contributed by atoms with Gasteiger partial charge >= 0.3 is 0 Å². The van der Waals surface area contributed by atoms with Crippen LogP contribution in [0.15, 0.2) is 67.3 Å². The highest BCUT2D eigenvalue weighted by molar-refractivity contribution is 5.98. The van der Waals surface area contributed by atoms with E-state index in [1.165, 1.54) is 22.2 Å². The maximum Gasteiger partial charge on any atom is 0.274 e. The maximum absolute atomic E-state index is 13.3. The fourth-order valence-electron chi connectivity index (χ4n) is 4.96. The summed E-state index contributed by atoms with van der Waals surface area (Å²) in [6, 6.07) is 14.2. The minimum Gasteiger partial charge on any atom is -0.358 e. The van der Waals surface area contributed by atoms with Crippen LogP contribution in [-0.2, 0) is 0 Å². The second-order valence-corrected chi connectivity index (χ2v) is 8.74. The first-order chi connectivity index (χ1) is 16.2. The van der Waals surface area contributed by atoms with Gasteiger partial charge in [0.15, 0.2) is 11.3 Å². The molecule has 0 unspecified atom stereocenters. The smallest absolute Gasteiger partial charge is 0.274 e. The first kappa shape index (κ1) is 19.7. The van der Waals surface area contributed by atoms with Gasteiger partial charge in [-0.25, -0.2) is 9.50 Å². The molecule has 4 aromatic heterocycles. The summed E-state index contributed by atoms with van der Waals surface area (Å²) in [6.07, 6.45) is 9.17. The Hall–Kier alpha value is -4.00. The normalized spacial score (nSPS) is 16.5. The van der Waals surface area contributed by atoms with Crippen molar-refractivity contribution in [2.24, 2.45) is 0 Å². The standard InChI is InChI=1S/C26H24N6O/c1-17-5-6-21-20(14-17)24(18-7-10-27-11-8-18)25(29-21)19-4-2-12-31(16-19)26(33)22-15-23-28-9-3-13-32(23)30-22/h3,5-11,13-15,19,29H,2,4,12,16H2,1H3/t19-/m1/s1. The molecular formula is C26H24N6O. The van der Waals surface area contributed by atoms with Gasteiger partial charge in [-0.1, -0.05) is 11.6 Å². The first-order valence-corrected chi connectivity index (χ1v) is 11.3. The van der Waals surface area contributed by atoms with Crippen LogP contribution in [0.25, 0.3) is 27.7 Å². The van der Waals surface area contributed by atoms with Crippen molar-refractivity contribution in [2.45, 2.75) is 25.7 Å². The molecule has 1 amide bonds. The largest absolute Gasteiger partial charge is 0.358 e. The molecule has 5 aromatic rings. The molecule has 7 nitrogen and oxygen atoms in total. The van der Waals surface area contributed by atoms with Crippen LogP contribution in [-0.4, -0.2) is 48.5 Å². The molecule has 164 valence electrons. The Labute approximate surface area is 191 Å². The highest BCUT2D eigenvalue weighted by atomic mass is 16.2. The van der Waals surface area contributed by atoms with Crippen molar-refractivity contribution in [3.63, 3.8) is 0 Å². The van der Waals surface area contributed by atoms with Crippen molar-refractivity contribution in [2.75, 3.05) is 13.1 Å². The zero-order valence-electron chi connectivity index (χ0n) is 18.4. The third-order valence-electron chi connectivity index (χ3n) is 6.52. The average Bonchev–Trinajstić information content (AvgIpc) is 3.46. The number of pyridine rings is 1.